The first-order chi connectivity index (χ1) is 30.7. The summed E-state index contributed by atoms with van der Waals surface area (Å²) in [5.74, 6) is 1.79. The van der Waals surface area contributed by atoms with E-state index < -0.39 is 0 Å². The van der Waals surface area contributed by atoms with Crippen molar-refractivity contribution in [2.75, 3.05) is 4.90 Å². The van der Waals surface area contributed by atoms with E-state index in [1.54, 1.807) is 0 Å². The van der Waals surface area contributed by atoms with Crippen molar-refractivity contribution in [2.24, 2.45) is 0 Å². The molecule has 0 fully saturated rings. The van der Waals surface area contributed by atoms with E-state index in [1.165, 1.54) is 20.2 Å². The van der Waals surface area contributed by atoms with Crippen LogP contribution in [0.3, 0.4) is 0 Å². The molecule has 12 rings (SSSR count). The fraction of sp³-hybridized carbons (Fsp3) is 0. The molecular weight excluding hydrogens is 777 g/mol. The van der Waals surface area contributed by atoms with Crippen LogP contribution < -0.4 is 4.90 Å². The average Bonchev–Trinajstić information content (AvgIpc) is 4.05. The number of hydrogen-bond acceptors (Lipinski definition) is 5. The molecule has 0 aliphatic heterocycles. The minimum absolute atomic E-state index is 0.897. The highest BCUT2D eigenvalue weighted by molar-refractivity contribution is 7.25. The predicted octanol–water partition coefficient (Wildman–Crippen LogP) is 14.6. The van der Waals surface area contributed by atoms with Crippen LogP contribution in [0.25, 0.3) is 87.6 Å². The lowest BCUT2D eigenvalue weighted by molar-refractivity contribution is 1.10. The van der Waals surface area contributed by atoms with Crippen LogP contribution in [-0.4, -0.2) is 24.1 Å². The van der Waals surface area contributed by atoms with Gasteiger partial charge < -0.3 is 4.90 Å². The lowest BCUT2D eigenvalue weighted by atomic mass is 10.1. The molecule has 0 aliphatic carbocycles. The fourth-order valence-corrected chi connectivity index (χ4v) is 9.76. The van der Waals surface area contributed by atoms with Gasteiger partial charge in [0.2, 0.25) is 0 Å². The van der Waals surface area contributed by atoms with Crippen molar-refractivity contribution in [2.45, 2.75) is 0 Å². The SMILES string of the molecule is c1ccc(-n2c(-c3ccc(N(c4ccc(-c5cc6sc7ccccc7c6cn5)cc4)c4ccc(-c5nc6ccccc6n5-c5ccccc5)cc4)cc3)nc3ccccc32)cc1. The van der Waals surface area contributed by atoms with Crippen LogP contribution in [0.1, 0.15) is 0 Å². The molecule has 7 heteroatoms. The number of fused-ring (bicyclic) bond motifs is 5. The molecule has 0 bridgehead atoms. The topological polar surface area (TPSA) is 51.8 Å². The lowest BCUT2D eigenvalue weighted by Gasteiger charge is -2.26. The molecule has 0 atom stereocenters. The number of nitrogens with zero attached hydrogens (tertiary/aromatic N) is 6. The molecule has 0 unspecified atom stereocenters. The molecular formula is C55H36N6S. The number of para-hydroxylation sites is 6. The van der Waals surface area contributed by atoms with Crippen LogP contribution in [0.5, 0.6) is 0 Å². The number of hydrogen-bond donors (Lipinski definition) is 0. The first-order valence-electron chi connectivity index (χ1n) is 20.7. The Kier molecular flexibility index (Phi) is 8.57. The standard InChI is InChI=1S/C55H36N6S/c1-3-13-40(14-4-1)60-50-20-10-8-18-47(50)57-54(60)38-25-31-43(32-26-38)59(42-29-23-37(24-30-42)49-35-53-46(36-56-49)45-17-7-12-22-52(45)62-53)44-33-27-39(28-34-44)55-58-48-19-9-11-21-51(48)61(55)41-15-5-2-6-16-41/h1-36H. The van der Waals surface area contributed by atoms with E-state index in [4.69, 9.17) is 15.0 Å². The zero-order valence-corrected chi connectivity index (χ0v) is 34.2. The Morgan fingerprint density at radius 1 is 0.387 bits per heavy atom. The van der Waals surface area contributed by atoms with Gasteiger partial charge in [-0.2, -0.15) is 0 Å². The molecule has 0 aliphatic rings. The summed E-state index contributed by atoms with van der Waals surface area (Å²) in [5, 5.41) is 2.45. The molecule has 0 N–H and O–H groups in total. The maximum atomic E-state index is 5.14. The summed E-state index contributed by atoms with van der Waals surface area (Å²) in [6.45, 7) is 0. The van der Waals surface area contributed by atoms with E-state index in [-0.39, 0.29) is 0 Å². The highest BCUT2D eigenvalue weighted by Gasteiger charge is 2.19. The second-order valence-corrected chi connectivity index (χ2v) is 16.4. The molecule has 4 heterocycles. The van der Waals surface area contributed by atoms with Crippen LogP contribution in [0, 0.1) is 0 Å². The molecule has 0 spiro atoms. The van der Waals surface area contributed by atoms with E-state index in [2.05, 4.69) is 202 Å². The zero-order valence-electron chi connectivity index (χ0n) is 33.4. The number of thiophene rings is 1. The molecule has 0 radical (unpaired) electrons. The molecule has 0 saturated heterocycles. The van der Waals surface area contributed by atoms with Crippen molar-refractivity contribution >= 4 is 70.6 Å². The van der Waals surface area contributed by atoms with Gasteiger partial charge >= 0.3 is 0 Å². The van der Waals surface area contributed by atoms with Gasteiger partial charge in [0.1, 0.15) is 11.6 Å². The second kappa shape index (κ2) is 14.9. The van der Waals surface area contributed by atoms with Gasteiger partial charge in [0, 0.05) is 71.5 Å². The van der Waals surface area contributed by atoms with Gasteiger partial charge in [0.25, 0.3) is 0 Å². The first kappa shape index (κ1) is 35.8. The Labute approximate surface area is 361 Å². The predicted molar refractivity (Wildman–Crippen MR) is 257 cm³/mol. The molecule has 8 aromatic carbocycles. The maximum Gasteiger partial charge on any atom is 0.145 e. The Hall–Kier alpha value is -8.13. The number of imidazole rings is 2. The van der Waals surface area contributed by atoms with E-state index in [1.807, 2.05) is 41.8 Å². The fourth-order valence-electron chi connectivity index (χ4n) is 8.64. The Bertz CT molecular complexity index is 3390. The minimum Gasteiger partial charge on any atom is -0.311 e. The summed E-state index contributed by atoms with van der Waals surface area (Å²) in [4.78, 5) is 17.5. The summed E-state index contributed by atoms with van der Waals surface area (Å²) in [5.41, 5.74) is 13.4. The van der Waals surface area contributed by atoms with Crippen molar-refractivity contribution in [3.05, 3.63) is 219 Å². The Balaban J connectivity index is 0.953. The van der Waals surface area contributed by atoms with E-state index in [0.717, 1.165) is 84.5 Å². The number of aromatic nitrogens is 5. The van der Waals surface area contributed by atoms with Gasteiger partial charge in [-0.15, -0.1) is 11.3 Å². The molecule has 4 aromatic heterocycles. The van der Waals surface area contributed by atoms with Crippen LogP contribution in [-0.2, 0) is 0 Å². The lowest BCUT2D eigenvalue weighted by Crippen LogP contribution is -2.10. The summed E-state index contributed by atoms with van der Waals surface area (Å²) in [6.07, 6.45) is 2.02. The van der Waals surface area contributed by atoms with Crippen LogP contribution in [0.15, 0.2) is 219 Å². The van der Waals surface area contributed by atoms with Crippen molar-refractivity contribution in [1.82, 2.24) is 24.1 Å². The van der Waals surface area contributed by atoms with Crippen molar-refractivity contribution < 1.29 is 0 Å². The number of rotatable bonds is 8. The van der Waals surface area contributed by atoms with Crippen LogP contribution in [0.2, 0.25) is 0 Å². The molecule has 12 aromatic rings. The Morgan fingerprint density at radius 3 is 1.37 bits per heavy atom. The molecule has 0 saturated carbocycles. The highest BCUT2D eigenvalue weighted by atomic mass is 32.1. The highest BCUT2D eigenvalue weighted by Crippen LogP contribution is 2.40. The minimum atomic E-state index is 0.897. The summed E-state index contributed by atoms with van der Waals surface area (Å²) >= 11 is 1.81. The quantitative estimate of drug-likeness (QED) is 0.153. The summed E-state index contributed by atoms with van der Waals surface area (Å²) < 4.78 is 7.00. The molecule has 6 nitrogen and oxygen atoms in total. The normalized spacial score (nSPS) is 11.5. The van der Waals surface area contributed by atoms with Crippen molar-refractivity contribution in [3.8, 4) is 45.4 Å². The maximum absolute atomic E-state index is 5.14. The van der Waals surface area contributed by atoms with Gasteiger partial charge in [0.05, 0.1) is 27.8 Å². The van der Waals surface area contributed by atoms with E-state index in [0.29, 0.717) is 0 Å². The van der Waals surface area contributed by atoms with Gasteiger partial charge in [-0.25, -0.2) is 9.97 Å². The summed E-state index contributed by atoms with van der Waals surface area (Å²) in [7, 11) is 0. The van der Waals surface area contributed by atoms with Crippen molar-refractivity contribution in [3.63, 3.8) is 0 Å². The third kappa shape index (κ3) is 6.14. The van der Waals surface area contributed by atoms with Gasteiger partial charge in [0.15, 0.2) is 0 Å². The third-order valence-corrected chi connectivity index (χ3v) is 12.7. The average molecular weight is 813 g/mol. The molecule has 0 amide bonds. The van der Waals surface area contributed by atoms with Gasteiger partial charge in [-0.3, -0.25) is 14.1 Å². The van der Waals surface area contributed by atoms with Crippen LogP contribution in [0.4, 0.5) is 17.1 Å². The largest absolute Gasteiger partial charge is 0.311 e. The van der Waals surface area contributed by atoms with E-state index >= 15 is 0 Å². The van der Waals surface area contributed by atoms with Gasteiger partial charge in [-0.1, -0.05) is 91.0 Å². The Morgan fingerprint density at radius 2 is 0.839 bits per heavy atom. The zero-order chi connectivity index (χ0) is 41.0. The molecule has 62 heavy (non-hydrogen) atoms. The number of pyridine rings is 1. The second-order valence-electron chi connectivity index (χ2n) is 15.3. The number of anilines is 3. The third-order valence-electron chi connectivity index (χ3n) is 11.6. The summed E-state index contributed by atoms with van der Waals surface area (Å²) in [6, 6.07) is 74.5. The molecule has 292 valence electrons. The van der Waals surface area contributed by atoms with Crippen LogP contribution >= 0.6 is 11.3 Å². The first-order valence-corrected chi connectivity index (χ1v) is 21.5. The van der Waals surface area contributed by atoms with E-state index in [9.17, 15) is 0 Å². The smallest absolute Gasteiger partial charge is 0.145 e. The number of benzene rings is 8. The monoisotopic (exact) mass is 812 g/mol. The van der Waals surface area contributed by atoms with Crippen molar-refractivity contribution in [1.29, 1.82) is 0 Å². The van der Waals surface area contributed by atoms with Gasteiger partial charge in [-0.05, 0) is 121 Å².